The van der Waals surface area contributed by atoms with Gasteiger partial charge >= 0.3 is 5.97 Å². The molecule has 1 aromatic heterocycles. The van der Waals surface area contributed by atoms with E-state index in [1.807, 2.05) is 30.3 Å². The molecule has 4 rings (SSSR count). The summed E-state index contributed by atoms with van der Waals surface area (Å²) in [6.45, 7) is 1.05. The SMILES string of the molecule is O=C(N[C@@H](Cc1ccc(C2=CCN(C(=O)c3cnsn3)CC2)cc1)C(=O)O)c1c(Cl)cccc1Cl. The molecule has 8 nitrogen and oxygen atoms in total. The van der Waals surface area contributed by atoms with Gasteiger partial charge in [0.2, 0.25) is 0 Å². The van der Waals surface area contributed by atoms with Crippen LogP contribution in [0.5, 0.6) is 0 Å². The third kappa shape index (κ3) is 5.87. The fourth-order valence-electron chi connectivity index (χ4n) is 3.77. The largest absolute Gasteiger partial charge is 0.480 e. The van der Waals surface area contributed by atoms with E-state index in [4.69, 9.17) is 23.2 Å². The van der Waals surface area contributed by atoms with Gasteiger partial charge in [0.15, 0.2) is 5.69 Å². The monoisotopic (exact) mass is 530 g/mol. The van der Waals surface area contributed by atoms with Gasteiger partial charge in [0.05, 0.1) is 33.5 Å². The lowest BCUT2D eigenvalue weighted by atomic mass is 9.96. The van der Waals surface area contributed by atoms with Gasteiger partial charge < -0.3 is 15.3 Å². The fraction of sp³-hybridized carbons (Fsp3) is 0.208. The second-order valence-corrected chi connectivity index (χ2v) is 9.26. The van der Waals surface area contributed by atoms with E-state index in [1.165, 1.54) is 18.3 Å². The zero-order valence-electron chi connectivity index (χ0n) is 18.3. The van der Waals surface area contributed by atoms with Crippen LogP contribution in [-0.4, -0.2) is 55.7 Å². The summed E-state index contributed by atoms with van der Waals surface area (Å²) in [5, 5.41) is 12.4. The number of rotatable bonds is 7. The van der Waals surface area contributed by atoms with Crippen molar-refractivity contribution in [3.63, 3.8) is 0 Å². The Morgan fingerprint density at radius 1 is 1.11 bits per heavy atom. The predicted octanol–water partition coefficient (Wildman–Crippen LogP) is 4.20. The van der Waals surface area contributed by atoms with Gasteiger partial charge in [-0.1, -0.05) is 59.6 Å². The Morgan fingerprint density at radius 3 is 2.40 bits per heavy atom. The third-order valence-corrected chi connectivity index (χ3v) is 6.74. The fourth-order valence-corrected chi connectivity index (χ4v) is 4.75. The quantitative estimate of drug-likeness (QED) is 0.473. The highest BCUT2D eigenvalue weighted by Crippen LogP contribution is 2.25. The van der Waals surface area contributed by atoms with Crippen molar-refractivity contribution in [2.45, 2.75) is 18.9 Å². The molecule has 3 aromatic rings. The maximum Gasteiger partial charge on any atom is 0.326 e. The molecular weight excluding hydrogens is 511 g/mol. The van der Waals surface area contributed by atoms with Crippen LogP contribution >= 0.6 is 34.9 Å². The number of nitrogens with zero attached hydrogens (tertiary/aromatic N) is 3. The number of carbonyl (C=O) groups is 3. The van der Waals surface area contributed by atoms with Crippen molar-refractivity contribution in [3.05, 3.63) is 87.2 Å². The van der Waals surface area contributed by atoms with Crippen molar-refractivity contribution >= 4 is 58.3 Å². The Morgan fingerprint density at radius 2 is 1.83 bits per heavy atom. The number of aromatic nitrogens is 2. The van der Waals surface area contributed by atoms with Gasteiger partial charge in [-0.05, 0) is 35.3 Å². The van der Waals surface area contributed by atoms with Crippen LogP contribution in [0.3, 0.4) is 0 Å². The molecule has 2 heterocycles. The van der Waals surface area contributed by atoms with Crippen LogP contribution in [0, 0.1) is 0 Å². The maximum atomic E-state index is 12.6. The Kier molecular flexibility index (Phi) is 7.80. The molecule has 0 bridgehead atoms. The lowest BCUT2D eigenvalue weighted by molar-refractivity contribution is -0.139. The summed E-state index contributed by atoms with van der Waals surface area (Å²) in [4.78, 5) is 38.6. The number of benzene rings is 2. The third-order valence-electron chi connectivity index (χ3n) is 5.63. The van der Waals surface area contributed by atoms with Gasteiger partial charge in [0, 0.05) is 19.5 Å². The number of halogens is 2. The molecule has 0 saturated carbocycles. The average molecular weight is 531 g/mol. The zero-order valence-corrected chi connectivity index (χ0v) is 20.6. The molecule has 180 valence electrons. The van der Waals surface area contributed by atoms with Gasteiger partial charge in [0.1, 0.15) is 6.04 Å². The van der Waals surface area contributed by atoms with E-state index in [-0.39, 0.29) is 27.9 Å². The van der Waals surface area contributed by atoms with Gasteiger partial charge in [-0.2, -0.15) is 8.75 Å². The summed E-state index contributed by atoms with van der Waals surface area (Å²) in [6.07, 6.45) is 4.26. The number of aliphatic carboxylic acids is 1. The zero-order chi connectivity index (χ0) is 24.9. The summed E-state index contributed by atoms with van der Waals surface area (Å²) in [7, 11) is 0. The molecule has 0 unspecified atom stereocenters. The molecule has 35 heavy (non-hydrogen) atoms. The average Bonchev–Trinajstić information content (AvgIpc) is 3.39. The van der Waals surface area contributed by atoms with Gasteiger partial charge in [-0.25, -0.2) is 4.79 Å². The molecule has 0 fully saturated rings. The van der Waals surface area contributed by atoms with Crippen LogP contribution in [0.25, 0.3) is 5.57 Å². The highest BCUT2D eigenvalue weighted by Gasteiger charge is 2.24. The number of amides is 2. The predicted molar refractivity (Wildman–Crippen MR) is 134 cm³/mol. The van der Waals surface area contributed by atoms with E-state index in [9.17, 15) is 19.5 Å². The summed E-state index contributed by atoms with van der Waals surface area (Å²) < 4.78 is 7.87. The molecule has 0 aliphatic carbocycles. The van der Waals surface area contributed by atoms with Gasteiger partial charge in [0.25, 0.3) is 11.8 Å². The summed E-state index contributed by atoms with van der Waals surface area (Å²) in [5.74, 6) is -1.95. The molecule has 2 aromatic carbocycles. The summed E-state index contributed by atoms with van der Waals surface area (Å²) in [6, 6.07) is 11.0. The van der Waals surface area contributed by atoms with Crippen LogP contribution < -0.4 is 5.32 Å². The lowest BCUT2D eigenvalue weighted by Gasteiger charge is -2.26. The van der Waals surface area contributed by atoms with Crippen LogP contribution in [0.4, 0.5) is 0 Å². The van der Waals surface area contributed by atoms with E-state index in [0.29, 0.717) is 25.2 Å². The highest BCUT2D eigenvalue weighted by molar-refractivity contribution is 6.99. The van der Waals surface area contributed by atoms with Crippen molar-refractivity contribution < 1.29 is 19.5 Å². The van der Waals surface area contributed by atoms with Crippen LogP contribution in [0.15, 0.2) is 54.7 Å². The molecule has 0 radical (unpaired) electrons. The first-order valence-corrected chi connectivity index (χ1v) is 12.1. The number of hydrogen-bond acceptors (Lipinski definition) is 6. The van der Waals surface area contributed by atoms with Crippen molar-refractivity contribution in [2.24, 2.45) is 0 Å². The number of carboxylic acid groups (broad SMARTS) is 1. The van der Waals surface area contributed by atoms with Crippen LogP contribution in [0.2, 0.25) is 10.0 Å². The van der Waals surface area contributed by atoms with Crippen molar-refractivity contribution in [1.29, 1.82) is 0 Å². The molecular formula is C24H20Cl2N4O4S. The molecule has 11 heteroatoms. The second-order valence-electron chi connectivity index (χ2n) is 7.89. The van der Waals surface area contributed by atoms with E-state index in [0.717, 1.165) is 28.4 Å². The Hall–Kier alpha value is -3.27. The number of carboxylic acids is 1. The second kappa shape index (κ2) is 11.0. The number of nitrogens with one attached hydrogen (secondary N) is 1. The summed E-state index contributed by atoms with van der Waals surface area (Å²) in [5.41, 5.74) is 3.24. The standard InChI is InChI=1S/C24H20Cl2N4O4S/c25-17-2-1-3-18(26)21(17)22(31)28-19(24(33)34)12-14-4-6-15(7-5-14)16-8-10-30(11-9-16)23(32)20-13-27-35-29-20/h1-8,13,19H,9-12H2,(H,28,31)(H,33,34)/t19-/m0/s1. The molecule has 0 spiro atoms. The number of carbonyl (C=O) groups excluding carboxylic acids is 2. The first-order chi connectivity index (χ1) is 16.8. The van der Waals surface area contributed by atoms with Crippen LogP contribution in [0.1, 0.15) is 38.4 Å². The van der Waals surface area contributed by atoms with E-state index >= 15 is 0 Å². The Bertz CT molecular complexity index is 1260. The van der Waals surface area contributed by atoms with Crippen LogP contribution in [-0.2, 0) is 11.2 Å². The Balaban J connectivity index is 1.40. The molecule has 2 N–H and O–H groups in total. The first-order valence-electron chi connectivity index (χ1n) is 10.7. The minimum absolute atomic E-state index is 0.0419. The highest BCUT2D eigenvalue weighted by atomic mass is 35.5. The van der Waals surface area contributed by atoms with Gasteiger partial charge in [-0.3, -0.25) is 9.59 Å². The Labute approximate surface area is 215 Å². The molecule has 1 atom stereocenters. The van der Waals surface area contributed by atoms with Crippen molar-refractivity contribution in [1.82, 2.24) is 19.0 Å². The summed E-state index contributed by atoms with van der Waals surface area (Å²) >= 11 is 13.1. The van der Waals surface area contributed by atoms with E-state index in [1.54, 1.807) is 11.0 Å². The maximum absolute atomic E-state index is 12.6. The van der Waals surface area contributed by atoms with Crippen molar-refractivity contribution in [3.8, 4) is 0 Å². The number of hydrogen-bond donors (Lipinski definition) is 2. The molecule has 1 aliphatic rings. The first kappa shape index (κ1) is 24.8. The topological polar surface area (TPSA) is 112 Å². The molecule has 0 saturated heterocycles. The van der Waals surface area contributed by atoms with Crippen molar-refractivity contribution in [2.75, 3.05) is 13.1 Å². The minimum atomic E-state index is -1.17. The molecule has 1 aliphatic heterocycles. The molecule has 2 amide bonds. The normalized spacial score (nSPS) is 14.2. The van der Waals surface area contributed by atoms with E-state index < -0.39 is 17.9 Å². The van der Waals surface area contributed by atoms with Gasteiger partial charge in [-0.15, -0.1) is 0 Å². The lowest BCUT2D eigenvalue weighted by Crippen LogP contribution is -2.42. The smallest absolute Gasteiger partial charge is 0.326 e. The van der Waals surface area contributed by atoms with E-state index in [2.05, 4.69) is 14.1 Å². The minimum Gasteiger partial charge on any atom is -0.480 e.